The number of allylic oxidation sites excluding steroid dienone is 6. The molecule has 2 aromatic rings. The van der Waals surface area contributed by atoms with E-state index < -0.39 is 0 Å². The van der Waals surface area contributed by atoms with Crippen LogP contribution in [-0.4, -0.2) is 26.1 Å². The van der Waals surface area contributed by atoms with Crippen LogP contribution >= 0.6 is 0 Å². The maximum atomic E-state index is 5.45. The van der Waals surface area contributed by atoms with Crippen molar-refractivity contribution in [2.75, 3.05) is 11.9 Å². The van der Waals surface area contributed by atoms with Crippen LogP contribution in [0.1, 0.15) is 59.3 Å². The van der Waals surface area contributed by atoms with Gasteiger partial charge in [-0.2, -0.15) is 0 Å². The molecule has 1 atom stereocenters. The monoisotopic (exact) mass is 405 g/mol. The predicted molar refractivity (Wildman–Crippen MR) is 127 cm³/mol. The molecule has 0 bridgehead atoms. The topological polar surface area (TPSA) is 55.6 Å². The van der Waals surface area contributed by atoms with Gasteiger partial charge >= 0.3 is 0 Å². The highest BCUT2D eigenvalue weighted by molar-refractivity contribution is 5.82. The van der Waals surface area contributed by atoms with Gasteiger partial charge in [0.1, 0.15) is 11.8 Å². The molecule has 1 N–H and O–H groups in total. The first-order valence-electron chi connectivity index (χ1n) is 11.0. The van der Waals surface area contributed by atoms with E-state index in [2.05, 4.69) is 65.2 Å². The smallest absolute Gasteiger partial charge is 0.165 e. The Balaban J connectivity index is 1.97. The Hall–Kier alpha value is -2.87. The molecule has 0 saturated carbocycles. The van der Waals surface area contributed by atoms with E-state index in [0.717, 1.165) is 49.2 Å². The molecule has 5 nitrogen and oxygen atoms in total. The predicted octanol–water partition coefficient (Wildman–Crippen LogP) is 5.83. The zero-order valence-corrected chi connectivity index (χ0v) is 18.9. The number of unbranched alkanes of at least 4 members (excludes halogenated alkanes) is 2. The van der Waals surface area contributed by atoms with Crippen molar-refractivity contribution >= 4 is 17.0 Å². The molecule has 0 aromatic carbocycles. The molecule has 30 heavy (non-hydrogen) atoms. The molecule has 0 spiro atoms. The fraction of sp³-hybridized carbons (Fsp3) is 0.480. The van der Waals surface area contributed by atoms with E-state index in [1.165, 1.54) is 24.0 Å². The molecule has 0 aliphatic rings. The molecule has 160 valence electrons. The summed E-state index contributed by atoms with van der Waals surface area (Å²) < 4.78 is 1.91. The SMILES string of the molecule is C#C/C=C\C(=C/C)C(CCCCNc1ncnc2c1ncn2C)/C(=C/C)CCCC. The molecule has 0 aliphatic heterocycles. The summed E-state index contributed by atoms with van der Waals surface area (Å²) in [5.41, 5.74) is 4.50. The van der Waals surface area contributed by atoms with Crippen LogP contribution in [0.3, 0.4) is 0 Å². The van der Waals surface area contributed by atoms with Gasteiger partial charge in [-0.25, -0.2) is 15.0 Å². The van der Waals surface area contributed by atoms with Crippen LogP contribution in [0.25, 0.3) is 11.2 Å². The molecular formula is C25H35N5. The zero-order valence-electron chi connectivity index (χ0n) is 18.9. The first kappa shape index (κ1) is 23.4. The lowest BCUT2D eigenvalue weighted by Gasteiger charge is -2.22. The number of terminal acetylenes is 1. The molecule has 0 aliphatic carbocycles. The van der Waals surface area contributed by atoms with Gasteiger partial charge in [-0.15, -0.1) is 6.42 Å². The van der Waals surface area contributed by atoms with Crippen LogP contribution in [0.2, 0.25) is 0 Å². The van der Waals surface area contributed by atoms with Crippen LogP contribution in [-0.2, 0) is 7.05 Å². The van der Waals surface area contributed by atoms with Crippen molar-refractivity contribution in [3.8, 4) is 12.3 Å². The summed E-state index contributed by atoms with van der Waals surface area (Å²) in [6, 6.07) is 0. The Morgan fingerprint density at radius 2 is 2.03 bits per heavy atom. The number of nitrogens with one attached hydrogen (secondary N) is 1. The standard InChI is InChI=1S/C25H35N5/c1-6-10-14-20(8-3)22(21(9-4)15-11-7-2)16-12-13-17-26-24-23-25(28-18-27-24)30(5)19-29-23/h1,8-10,14,18-19,22H,7,11-13,15-17H2,2-5H3,(H,26,27,28)/b14-10-,20-8+,21-9+. The minimum Gasteiger partial charge on any atom is -0.368 e. The normalized spacial score (nSPS) is 13.7. The number of aromatic nitrogens is 4. The van der Waals surface area contributed by atoms with E-state index in [-0.39, 0.29) is 0 Å². The third kappa shape index (κ3) is 6.32. The summed E-state index contributed by atoms with van der Waals surface area (Å²) in [5.74, 6) is 3.86. The maximum Gasteiger partial charge on any atom is 0.165 e. The molecule has 2 aromatic heterocycles. The molecule has 5 heteroatoms. The Kier molecular flexibility index (Phi) is 9.86. The number of nitrogens with zero attached hydrogens (tertiary/aromatic N) is 4. The van der Waals surface area contributed by atoms with E-state index in [1.807, 2.05) is 17.7 Å². The van der Waals surface area contributed by atoms with Gasteiger partial charge in [-0.05, 0) is 51.2 Å². The number of hydrogen-bond acceptors (Lipinski definition) is 4. The van der Waals surface area contributed by atoms with Gasteiger partial charge in [0, 0.05) is 19.5 Å². The van der Waals surface area contributed by atoms with Crippen molar-refractivity contribution in [1.29, 1.82) is 0 Å². The minimum absolute atomic E-state index is 0.428. The zero-order chi connectivity index (χ0) is 21.8. The number of fused-ring (bicyclic) bond motifs is 1. The molecule has 0 saturated heterocycles. The van der Waals surface area contributed by atoms with E-state index in [0.29, 0.717) is 5.92 Å². The third-order valence-corrected chi connectivity index (χ3v) is 5.45. The first-order chi connectivity index (χ1) is 14.7. The lowest BCUT2D eigenvalue weighted by atomic mass is 9.83. The Morgan fingerprint density at radius 3 is 2.73 bits per heavy atom. The highest BCUT2D eigenvalue weighted by atomic mass is 15.1. The van der Waals surface area contributed by atoms with E-state index >= 15 is 0 Å². The van der Waals surface area contributed by atoms with Gasteiger partial charge in [0.15, 0.2) is 11.5 Å². The average Bonchev–Trinajstić information content (AvgIpc) is 3.15. The van der Waals surface area contributed by atoms with Crippen molar-refractivity contribution in [2.24, 2.45) is 13.0 Å². The van der Waals surface area contributed by atoms with Crippen LogP contribution in [0.4, 0.5) is 5.82 Å². The summed E-state index contributed by atoms with van der Waals surface area (Å²) in [4.78, 5) is 13.1. The van der Waals surface area contributed by atoms with Gasteiger partial charge in [0.25, 0.3) is 0 Å². The number of imidazole rings is 1. The van der Waals surface area contributed by atoms with Gasteiger partial charge in [0.05, 0.1) is 6.33 Å². The van der Waals surface area contributed by atoms with E-state index in [1.54, 1.807) is 12.7 Å². The second-order valence-electron chi connectivity index (χ2n) is 7.48. The molecule has 0 amide bonds. The van der Waals surface area contributed by atoms with Gasteiger partial charge in [-0.3, -0.25) is 0 Å². The second-order valence-corrected chi connectivity index (χ2v) is 7.48. The molecule has 2 rings (SSSR count). The average molecular weight is 406 g/mol. The fourth-order valence-corrected chi connectivity index (χ4v) is 3.78. The summed E-state index contributed by atoms with van der Waals surface area (Å²) >= 11 is 0. The van der Waals surface area contributed by atoms with Crippen molar-refractivity contribution in [3.63, 3.8) is 0 Å². The van der Waals surface area contributed by atoms with Crippen molar-refractivity contribution < 1.29 is 0 Å². The Labute approximate surface area is 181 Å². The number of aryl methyl sites for hydroxylation is 1. The minimum atomic E-state index is 0.428. The number of anilines is 1. The first-order valence-corrected chi connectivity index (χ1v) is 11.0. The Morgan fingerprint density at radius 1 is 1.20 bits per heavy atom. The fourth-order valence-electron chi connectivity index (χ4n) is 3.78. The Bertz CT molecular complexity index is 927. The summed E-state index contributed by atoms with van der Waals surface area (Å²) in [7, 11) is 1.94. The molecule has 0 radical (unpaired) electrons. The second kappa shape index (κ2) is 12.6. The maximum absolute atomic E-state index is 5.45. The largest absolute Gasteiger partial charge is 0.368 e. The van der Waals surface area contributed by atoms with Crippen LogP contribution in [0.15, 0.2) is 48.1 Å². The van der Waals surface area contributed by atoms with Crippen molar-refractivity contribution in [1.82, 2.24) is 19.5 Å². The van der Waals surface area contributed by atoms with Crippen LogP contribution < -0.4 is 5.32 Å². The third-order valence-electron chi connectivity index (χ3n) is 5.45. The lowest BCUT2D eigenvalue weighted by Crippen LogP contribution is -2.10. The lowest BCUT2D eigenvalue weighted by molar-refractivity contribution is 0.567. The summed E-state index contributed by atoms with van der Waals surface area (Å²) in [6.45, 7) is 7.37. The molecular weight excluding hydrogens is 370 g/mol. The van der Waals surface area contributed by atoms with Crippen molar-refractivity contribution in [3.05, 3.63) is 48.1 Å². The molecule has 0 fully saturated rings. The summed E-state index contributed by atoms with van der Waals surface area (Å²) in [6.07, 6.45) is 24.1. The number of rotatable bonds is 12. The van der Waals surface area contributed by atoms with Gasteiger partial charge in [-0.1, -0.05) is 49.5 Å². The molecule has 1 unspecified atom stereocenters. The van der Waals surface area contributed by atoms with Crippen LogP contribution in [0.5, 0.6) is 0 Å². The summed E-state index contributed by atoms with van der Waals surface area (Å²) in [5, 5.41) is 3.43. The van der Waals surface area contributed by atoms with E-state index in [9.17, 15) is 0 Å². The highest BCUT2D eigenvalue weighted by Crippen LogP contribution is 2.30. The highest BCUT2D eigenvalue weighted by Gasteiger charge is 2.16. The van der Waals surface area contributed by atoms with Crippen molar-refractivity contribution in [2.45, 2.75) is 59.3 Å². The van der Waals surface area contributed by atoms with Gasteiger partial charge < -0.3 is 9.88 Å². The molecule has 2 heterocycles. The van der Waals surface area contributed by atoms with E-state index in [4.69, 9.17) is 6.42 Å². The van der Waals surface area contributed by atoms with Gasteiger partial charge in [0.2, 0.25) is 0 Å². The van der Waals surface area contributed by atoms with Crippen LogP contribution in [0, 0.1) is 18.3 Å². The number of hydrogen-bond donors (Lipinski definition) is 1. The quantitative estimate of drug-likeness (QED) is 0.209.